The molecule has 2 N–H and O–H groups in total. The summed E-state index contributed by atoms with van der Waals surface area (Å²) in [5, 5.41) is 9.78. The lowest BCUT2D eigenvalue weighted by atomic mass is 10.2. The van der Waals surface area contributed by atoms with Gasteiger partial charge in [0.15, 0.2) is 11.4 Å². The number of fused-ring (bicyclic) bond motifs is 1. The fourth-order valence-corrected chi connectivity index (χ4v) is 2.30. The van der Waals surface area contributed by atoms with Gasteiger partial charge < -0.3 is 20.2 Å². The van der Waals surface area contributed by atoms with E-state index in [2.05, 4.69) is 5.43 Å². The largest absolute Gasteiger partial charge is 0.502 e. The Balaban J connectivity index is 2.46. The Labute approximate surface area is 110 Å². The molecule has 0 saturated carbocycles. The fraction of sp³-hybridized carbons (Fsp3) is 0.500. The number of nitrogens with zero attached hydrogens (tertiary/aromatic N) is 2. The van der Waals surface area contributed by atoms with Gasteiger partial charge in [0.2, 0.25) is 5.43 Å². The van der Waals surface area contributed by atoms with Gasteiger partial charge in [-0.25, -0.2) is 0 Å². The number of aromatic hydroxyl groups is 1. The third-order valence-electron chi connectivity index (χ3n) is 3.14. The van der Waals surface area contributed by atoms with Crippen LogP contribution in [0.25, 0.3) is 0 Å². The predicted molar refractivity (Wildman–Crippen MR) is 68.7 cm³/mol. The third kappa shape index (κ3) is 2.17. The highest BCUT2D eigenvalue weighted by Crippen LogP contribution is 2.21. The molecule has 0 bridgehead atoms. The Kier molecular flexibility index (Phi) is 3.48. The maximum Gasteiger partial charge on any atom is 0.278 e. The van der Waals surface area contributed by atoms with Crippen LogP contribution in [0.1, 0.15) is 24.3 Å². The summed E-state index contributed by atoms with van der Waals surface area (Å²) in [6.45, 7) is 4.03. The lowest BCUT2D eigenvalue weighted by Crippen LogP contribution is -2.56. The molecule has 19 heavy (non-hydrogen) atoms. The molecule has 0 fully saturated rings. The molecule has 1 amide bonds. The Bertz CT molecular complexity index is 554. The molecule has 1 aromatic rings. The Morgan fingerprint density at radius 1 is 1.53 bits per heavy atom. The molecule has 0 radical (unpaired) electrons. The Morgan fingerprint density at radius 3 is 2.84 bits per heavy atom. The van der Waals surface area contributed by atoms with Gasteiger partial charge in [-0.15, -0.1) is 0 Å². The number of hydrogen-bond donors (Lipinski definition) is 2. The summed E-state index contributed by atoms with van der Waals surface area (Å²) < 4.78 is 6.42. The second-order valence-electron chi connectivity index (χ2n) is 4.57. The number of aromatic nitrogens is 1. The standard InChI is InChI=1S/C12H17N3O4/c1-7(6-19-3)15-8(2)13-14-5-4-9(16)11(17)10(14)12(15)18/h4-5,7-8,13,17H,6H2,1-3H3/t7-,8?/m0/s1. The molecule has 0 saturated heterocycles. The van der Waals surface area contributed by atoms with Crippen molar-refractivity contribution in [3.8, 4) is 5.75 Å². The summed E-state index contributed by atoms with van der Waals surface area (Å²) in [7, 11) is 1.55. The van der Waals surface area contributed by atoms with Crippen molar-refractivity contribution in [3.05, 3.63) is 28.2 Å². The Hall–Kier alpha value is -2.02. The van der Waals surface area contributed by atoms with Crippen molar-refractivity contribution >= 4 is 5.91 Å². The quantitative estimate of drug-likeness (QED) is 0.801. The monoisotopic (exact) mass is 267 g/mol. The fourth-order valence-electron chi connectivity index (χ4n) is 2.30. The lowest BCUT2D eigenvalue weighted by Gasteiger charge is -2.40. The molecule has 2 rings (SSSR count). The van der Waals surface area contributed by atoms with E-state index in [1.165, 1.54) is 21.8 Å². The summed E-state index contributed by atoms with van der Waals surface area (Å²) in [6.07, 6.45) is 1.16. The van der Waals surface area contributed by atoms with Gasteiger partial charge in [0.25, 0.3) is 5.91 Å². The van der Waals surface area contributed by atoms with Crippen molar-refractivity contribution in [2.24, 2.45) is 0 Å². The topological polar surface area (TPSA) is 83.8 Å². The average Bonchev–Trinajstić information content (AvgIpc) is 2.34. The summed E-state index contributed by atoms with van der Waals surface area (Å²) in [5.41, 5.74) is 2.39. The highest BCUT2D eigenvalue weighted by atomic mass is 16.5. The van der Waals surface area contributed by atoms with Crippen LogP contribution in [-0.2, 0) is 4.74 Å². The van der Waals surface area contributed by atoms with E-state index in [4.69, 9.17) is 4.74 Å². The SMILES string of the molecule is COC[C@H](C)N1C(=O)c2c(O)c(=O)ccn2NC1C. The van der Waals surface area contributed by atoms with Crippen molar-refractivity contribution in [1.82, 2.24) is 9.58 Å². The van der Waals surface area contributed by atoms with E-state index in [9.17, 15) is 14.7 Å². The van der Waals surface area contributed by atoms with Crippen LogP contribution < -0.4 is 10.9 Å². The lowest BCUT2D eigenvalue weighted by molar-refractivity contribution is 0.0416. The van der Waals surface area contributed by atoms with Crippen LogP contribution in [0.5, 0.6) is 5.75 Å². The van der Waals surface area contributed by atoms with E-state index in [-0.39, 0.29) is 17.9 Å². The first-order valence-electron chi connectivity index (χ1n) is 6.00. The van der Waals surface area contributed by atoms with Crippen LogP contribution in [0.3, 0.4) is 0 Å². The minimum absolute atomic E-state index is 0.0476. The molecular weight excluding hydrogens is 250 g/mol. The van der Waals surface area contributed by atoms with Gasteiger partial charge in [0, 0.05) is 19.4 Å². The average molecular weight is 267 g/mol. The molecule has 7 heteroatoms. The summed E-state index contributed by atoms with van der Waals surface area (Å²) in [4.78, 5) is 25.4. The number of hydrogen-bond acceptors (Lipinski definition) is 5. The van der Waals surface area contributed by atoms with Gasteiger partial charge in [0.05, 0.1) is 12.6 Å². The first-order valence-corrected chi connectivity index (χ1v) is 6.00. The summed E-state index contributed by atoms with van der Waals surface area (Å²) in [5.74, 6) is -0.937. The van der Waals surface area contributed by atoms with E-state index >= 15 is 0 Å². The zero-order valence-electron chi connectivity index (χ0n) is 11.1. The minimum Gasteiger partial charge on any atom is -0.502 e. The zero-order chi connectivity index (χ0) is 14.2. The highest BCUT2D eigenvalue weighted by molar-refractivity contribution is 5.96. The molecule has 0 aliphatic carbocycles. The van der Waals surface area contributed by atoms with Gasteiger partial charge in [0.1, 0.15) is 6.17 Å². The number of amides is 1. The molecule has 104 valence electrons. The van der Waals surface area contributed by atoms with Crippen LogP contribution >= 0.6 is 0 Å². The molecule has 1 aromatic heterocycles. The van der Waals surface area contributed by atoms with Crippen LogP contribution in [0.15, 0.2) is 17.1 Å². The molecule has 0 spiro atoms. The summed E-state index contributed by atoms with van der Waals surface area (Å²) >= 11 is 0. The van der Waals surface area contributed by atoms with E-state index in [1.807, 2.05) is 13.8 Å². The van der Waals surface area contributed by atoms with Gasteiger partial charge in [-0.3, -0.25) is 14.3 Å². The first-order chi connectivity index (χ1) is 8.97. The first kappa shape index (κ1) is 13.4. The van der Waals surface area contributed by atoms with Gasteiger partial charge in [-0.1, -0.05) is 0 Å². The molecule has 2 heterocycles. The number of methoxy groups -OCH3 is 1. The molecule has 1 aliphatic rings. The second kappa shape index (κ2) is 4.93. The van der Waals surface area contributed by atoms with Crippen molar-refractivity contribution in [2.45, 2.75) is 26.1 Å². The van der Waals surface area contributed by atoms with Crippen molar-refractivity contribution < 1.29 is 14.6 Å². The number of carbonyl (C=O) groups is 1. The third-order valence-corrected chi connectivity index (χ3v) is 3.14. The van der Waals surface area contributed by atoms with E-state index in [0.29, 0.717) is 6.61 Å². The predicted octanol–water partition coefficient (Wildman–Crippen LogP) is -0.0659. The number of pyridine rings is 1. The number of rotatable bonds is 3. The van der Waals surface area contributed by atoms with Crippen molar-refractivity contribution in [1.29, 1.82) is 0 Å². The van der Waals surface area contributed by atoms with Crippen LogP contribution in [0.2, 0.25) is 0 Å². The molecular formula is C12H17N3O4. The number of carbonyl (C=O) groups excluding carboxylic acids is 1. The zero-order valence-corrected chi connectivity index (χ0v) is 11.1. The van der Waals surface area contributed by atoms with E-state index in [1.54, 1.807) is 7.11 Å². The Morgan fingerprint density at radius 2 is 2.21 bits per heavy atom. The van der Waals surface area contributed by atoms with Crippen LogP contribution in [-0.4, -0.2) is 46.5 Å². The van der Waals surface area contributed by atoms with Gasteiger partial charge >= 0.3 is 0 Å². The number of ether oxygens (including phenoxy) is 1. The molecule has 2 atom stereocenters. The number of nitrogens with one attached hydrogen (secondary N) is 1. The maximum absolute atomic E-state index is 12.4. The normalized spacial score (nSPS) is 19.8. The van der Waals surface area contributed by atoms with E-state index in [0.717, 1.165) is 0 Å². The molecule has 1 aliphatic heterocycles. The van der Waals surface area contributed by atoms with E-state index < -0.39 is 17.1 Å². The van der Waals surface area contributed by atoms with Crippen LogP contribution in [0, 0.1) is 0 Å². The van der Waals surface area contributed by atoms with Crippen molar-refractivity contribution in [3.63, 3.8) is 0 Å². The van der Waals surface area contributed by atoms with Crippen molar-refractivity contribution in [2.75, 3.05) is 19.1 Å². The molecule has 1 unspecified atom stereocenters. The summed E-state index contributed by atoms with van der Waals surface area (Å²) in [6, 6.07) is 1.03. The second-order valence-corrected chi connectivity index (χ2v) is 4.57. The van der Waals surface area contributed by atoms with Gasteiger partial charge in [-0.05, 0) is 13.8 Å². The highest BCUT2D eigenvalue weighted by Gasteiger charge is 2.35. The maximum atomic E-state index is 12.4. The van der Waals surface area contributed by atoms with Crippen LogP contribution in [0.4, 0.5) is 0 Å². The smallest absolute Gasteiger partial charge is 0.278 e. The van der Waals surface area contributed by atoms with Gasteiger partial charge in [-0.2, -0.15) is 0 Å². The minimum atomic E-state index is -0.574. The molecule has 7 nitrogen and oxygen atoms in total. The molecule has 0 aromatic carbocycles.